The number of ether oxygens (including phenoxy) is 2. The highest BCUT2D eigenvalue weighted by atomic mass is 16.5. The zero-order valence-corrected chi connectivity index (χ0v) is 12.3. The summed E-state index contributed by atoms with van der Waals surface area (Å²) in [6.07, 6.45) is 5.97. The smallest absolute Gasteiger partial charge is 0.126 e. The second-order valence-electron chi connectivity index (χ2n) is 5.17. The minimum atomic E-state index is 0.593. The van der Waals surface area contributed by atoms with Gasteiger partial charge in [0.25, 0.3) is 0 Å². The fraction of sp³-hybridized carbons (Fsp3) is 0.625. The number of hydrogen-bond donors (Lipinski definition) is 1. The molecule has 1 N–H and O–H groups in total. The number of piperidine rings is 1. The van der Waals surface area contributed by atoms with E-state index in [1.165, 1.54) is 30.4 Å². The second kappa shape index (κ2) is 6.80. The molecule has 1 saturated heterocycles. The minimum absolute atomic E-state index is 0.593. The molecule has 3 nitrogen and oxygen atoms in total. The van der Waals surface area contributed by atoms with Gasteiger partial charge in [0.05, 0.1) is 14.2 Å². The van der Waals surface area contributed by atoms with Crippen molar-refractivity contribution in [2.75, 3.05) is 20.8 Å². The van der Waals surface area contributed by atoms with Gasteiger partial charge in [0.2, 0.25) is 0 Å². The number of nitrogens with one attached hydrogen (secondary N) is 1. The van der Waals surface area contributed by atoms with E-state index in [4.69, 9.17) is 9.47 Å². The third-order valence-corrected chi connectivity index (χ3v) is 3.96. The van der Waals surface area contributed by atoms with Gasteiger partial charge < -0.3 is 14.8 Å². The van der Waals surface area contributed by atoms with Gasteiger partial charge in [-0.2, -0.15) is 0 Å². The van der Waals surface area contributed by atoms with Gasteiger partial charge in [-0.25, -0.2) is 0 Å². The summed E-state index contributed by atoms with van der Waals surface area (Å²) >= 11 is 0. The van der Waals surface area contributed by atoms with E-state index >= 15 is 0 Å². The number of methoxy groups -OCH3 is 2. The maximum Gasteiger partial charge on any atom is 0.126 e. The van der Waals surface area contributed by atoms with Crippen LogP contribution in [0.2, 0.25) is 0 Å². The lowest BCUT2D eigenvalue weighted by Crippen LogP contribution is -2.35. The molecule has 0 bridgehead atoms. The van der Waals surface area contributed by atoms with Gasteiger partial charge in [-0.15, -0.1) is 0 Å². The first-order chi connectivity index (χ1) is 9.28. The summed E-state index contributed by atoms with van der Waals surface area (Å²) in [5.74, 6) is 1.84. The third kappa shape index (κ3) is 3.41. The molecule has 1 aromatic carbocycles. The first kappa shape index (κ1) is 14.2. The highest BCUT2D eigenvalue weighted by Crippen LogP contribution is 2.30. The Morgan fingerprint density at radius 3 is 2.63 bits per heavy atom. The Morgan fingerprint density at radius 2 is 2.05 bits per heavy atom. The van der Waals surface area contributed by atoms with Crippen molar-refractivity contribution in [3.05, 3.63) is 23.3 Å². The van der Waals surface area contributed by atoms with Crippen LogP contribution in [-0.2, 0) is 12.8 Å². The predicted molar refractivity (Wildman–Crippen MR) is 78.3 cm³/mol. The summed E-state index contributed by atoms with van der Waals surface area (Å²) in [4.78, 5) is 0. The lowest BCUT2D eigenvalue weighted by Gasteiger charge is -2.25. The first-order valence-electron chi connectivity index (χ1n) is 7.25. The zero-order valence-electron chi connectivity index (χ0n) is 12.3. The van der Waals surface area contributed by atoms with Crippen LogP contribution in [0, 0.1) is 0 Å². The van der Waals surface area contributed by atoms with E-state index < -0.39 is 0 Å². The van der Waals surface area contributed by atoms with Crippen molar-refractivity contribution >= 4 is 0 Å². The largest absolute Gasteiger partial charge is 0.497 e. The molecule has 0 aromatic heterocycles. The van der Waals surface area contributed by atoms with Crippen molar-refractivity contribution in [1.82, 2.24) is 5.32 Å². The molecule has 1 aliphatic rings. The summed E-state index contributed by atoms with van der Waals surface area (Å²) in [6, 6.07) is 4.74. The maximum absolute atomic E-state index is 5.51. The van der Waals surface area contributed by atoms with Crippen molar-refractivity contribution in [2.45, 2.75) is 45.1 Å². The molecule has 2 rings (SSSR count). The average molecular weight is 263 g/mol. The molecule has 0 radical (unpaired) electrons. The fourth-order valence-corrected chi connectivity index (χ4v) is 2.92. The van der Waals surface area contributed by atoms with E-state index in [0.717, 1.165) is 30.9 Å². The standard InChI is InChI=1S/C16H25NO2/c1-4-15-12(9-13-7-5-6-8-17-13)10-14(18-2)11-16(15)19-3/h10-11,13,17H,4-9H2,1-3H3. The summed E-state index contributed by atoms with van der Waals surface area (Å²) < 4.78 is 10.9. The van der Waals surface area contributed by atoms with E-state index in [1.54, 1.807) is 14.2 Å². The van der Waals surface area contributed by atoms with Crippen LogP contribution >= 0.6 is 0 Å². The van der Waals surface area contributed by atoms with E-state index in [9.17, 15) is 0 Å². The van der Waals surface area contributed by atoms with Crippen LogP contribution in [-0.4, -0.2) is 26.8 Å². The first-order valence-corrected chi connectivity index (χ1v) is 7.25. The molecule has 0 amide bonds. The van der Waals surface area contributed by atoms with Crippen LogP contribution in [0.4, 0.5) is 0 Å². The predicted octanol–water partition coefficient (Wildman–Crippen LogP) is 2.95. The van der Waals surface area contributed by atoms with Gasteiger partial charge >= 0.3 is 0 Å². The van der Waals surface area contributed by atoms with Crippen molar-refractivity contribution in [3.8, 4) is 11.5 Å². The summed E-state index contributed by atoms with van der Waals surface area (Å²) in [5.41, 5.74) is 2.67. The van der Waals surface area contributed by atoms with Crippen LogP contribution in [0.5, 0.6) is 11.5 Å². The quantitative estimate of drug-likeness (QED) is 0.886. The van der Waals surface area contributed by atoms with E-state index in [-0.39, 0.29) is 0 Å². The van der Waals surface area contributed by atoms with Crippen LogP contribution in [0.3, 0.4) is 0 Å². The number of hydrogen-bond acceptors (Lipinski definition) is 3. The molecule has 0 spiro atoms. The Balaban J connectivity index is 2.25. The Kier molecular flexibility index (Phi) is 5.08. The van der Waals surface area contributed by atoms with Crippen LogP contribution < -0.4 is 14.8 Å². The Labute approximate surface area is 116 Å². The molecule has 1 fully saturated rings. The van der Waals surface area contributed by atoms with Crippen molar-refractivity contribution in [1.29, 1.82) is 0 Å². The van der Waals surface area contributed by atoms with E-state index in [1.807, 2.05) is 6.07 Å². The minimum Gasteiger partial charge on any atom is -0.497 e. The molecule has 1 unspecified atom stereocenters. The number of benzene rings is 1. The molecule has 19 heavy (non-hydrogen) atoms. The maximum atomic E-state index is 5.51. The van der Waals surface area contributed by atoms with Gasteiger partial charge in [0, 0.05) is 12.1 Å². The lowest BCUT2D eigenvalue weighted by atomic mass is 9.93. The molecule has 1 aliphatic heterocycles. The normalized spacial score (nSPS) is 19.2. The Bertz CT molecular complexity index is 411. The zero-order chi connectivity index (χ0) is 13.7. The highest BCUT2D eigenvalue weighted by molar-refractivity contribution is 5.47. The van der Waals surface area contributed by atoms with Crippen molar-refractivity contribution in [3.63, 3.8) is 0 Å². The van der Waals surface area contributed by atoms with Gasteiger partial charge in [0.15, 0.2) is 0 Å². The third-order valence-electron chi connectivity index (χ3n) is 3.96. The van der Waals surface area contributed by atoms with E-state index in [2.05, 4.69) is 18.3 Å². The topological polar surface area (TPSA) is 30.5 Å². The Morgan fingerprint density at radius 1 is 1.21 bits per heavy atom. The summed E-state index contributed by atoms with van der Waals surface area (Å²) in [7, 11) is 3.44. The molecule has 106 valence electrons. The second-order valence-corrected chi connectivity index (χ2v) is 5.17. The lowest BCUT2D eigenvalue weighted by molar-refractivity contribution is 0.382. The number of rotatable bonds is 5. The highest BCUT2D eigenvalue weighted by Gasteiger charge is 2.17. The molecule has 0 aliphatic carbocycles. The van der Waals surface area contributed by atoms with Gasteiger partial charge in [-0.05, 0) is 49.4 Å². The summed E-state index contributed by atoms with van der Waals surface area (Å²) in [6.45, 7) is 3.33. The van der Waals surface area contributed by atoms with Gasteiger partial charge in [-0.3, -0.25) is 0 Å². The molecule has 3 heteroatoms. The van der Waals surface area contributed by atoms with Crippen LogP contribution in [0.15, 0.2) is 12.1 Å². The molecule has 1 atom stereocenters. The molecular formula is C16H25NO2. The molecule has 0 saturated carbocycles. The fourth-order valence-electron chi connectivity index (χ4n) is 2.92. The molecule has 1 aromatic rings. The van der Waals surface area contributed by atoms with Gasteiger partial charge in [0.1, 0.15) is 11.5 Å². The van der Waals surface area contributed by atoms with E-state index in [0.29, 0.717) is 6.04 Å². The van der Waals surface area contributed by atoms with Gasteiger partial charge in [-0.1, -0.05) is 13.3 Å². The molecular weight excluding hydrogens is 238 g/mol. The van der Waals surface area contributed by atoms with Crippen LogP contribution in [0.25, 0.3) is 0 Å². The average Bonchev–Trinajstić information content (AvgIpc) is 2.47. The van der Waals surface area contributed by atoms with Crippen LogP contribution in [0.1, 0.15) is 37.3 Å². The SMILES string of the molecule is CCc1c(CC2CCCCN2)cc(OC)cc1OC. The Hall–Kier alpha value is -1.22. The van der Waals surface area contributed by atoms with Crippen molar-refractivity contribution < 1.29 is 9.47 Å². The summed E-state index contributed by atoms with van der Waals surface area (Å²) in [5, 5.41) is 3.61. The van der Waals surface area contributed by atoms with Crippen molar-refractivity contribution in [2.24, 2.45) is 0 Å². The monoisotopic (exact) mass is 263 g/mol. The molecule has 1 heterocycles.